The van der Waals surface area contributed by atoms with Gasteiger partial charge in [-0.3, -0.25) is 0 Å². The first-order chi connectivity index (χ1) is 13.7. The summed E-state index contributed by atoms with van der Waals surface area (Å²) >= 11 is 0. The summed E-state index contributed by atoms with van der Waals surface area (Å²) in [6.45, 7) is 1.83. The van der Waals surface area contributed by atoms with Crippen molar-refractivity contribution in [2.45, 2.75) is 6.92 Å². The normalized spacial score (nSPS) is 10.5. The molecule has 0 amide bonds. The molecular weight excluding hydrogens is 353 g/mol. The number of nitrogens with zero attached hydrogens (tertiary/aromatic N) is 2. The monoisotopic (exact) mass is 371 g/mol. The summed E-state index contributed by atoms with van der Waals surface area (Å²) in [6, 6.07) is 25.4. The van der Waals surface area contributed by atoms with Gasteiger partial charge in [0.05, 0.1) is 5.69 Å². The van der Waals surface area contributed by atoms with Crippen LogP contribution >= 0.6 is 0 Å². The van der Waals surface area contributed by atoms with E-state index in [1.54, 1.807) is 12.1 Å². The maximum absolute atomic E-state index is 13.2. The number of anilines is 2. The molecule has 0 aliphatic heterocycles. The van der Waals surface area contributed by atoms with Gasteiger partial charge in [-0.2, -0.15) is 0 Å². The van der Waals surface area contributed by atoms with Gasteiger partial charge in [-0.25, -0.2) is 14.4 Å². The average molecular weight is 371 g/mol. The van der Waals surface area contributed by atoms with E-state index in [0.717, 1.165) is 28.4 Å². The van der Waals surface area contributed by atoms with Crippen molar-refractivity contribution in [2.24, 2.45) is 0 Å². The molecule has 28 heavy (non-hydrogen) atoms. The maximum Gasteiger partial charge on any atom is 0.134 e. The Morgan fingerprint density at radius 3 is 2.18 bits per heavy atom. The largest absolute Gasteiger partial charge is 0.457 e. The Hall–Kier alpha value is -3.73. The molecule has 0 fully saturated rings. The lowest BCUT2D eigenvalue weighted by Gasteiger charge is -2.10. The van der Waals surface area contributed by atoms with Crippen LogP contribution in [-0.4, -0.2) is 9.97 Å². The van der Waals surface area contributed by atoms with Crippen molar-refractivity contribution in [2.75, 3.05) is 5.32 Å². The molecule has 4 rings (SSSR count). The summed E-state index contributed by atoms with van der Waals surface area (Å²) in [5.74, 6) is 2.57. The van der Waals surface area contributed by atoms with Gasteiger partial charge in [-0.05, 0) is 67.6 Å². The predicted octanol–water partition coefficient (Wildman–Crippen LogP) is 6.13. The van der Waals surface area contributed by atoms with Crippen molar-refractivity contribution in [3.63, 3.8) is 0 Å². The summed E-state index contributed by atoms with van der Waals surface area (Å²) in [6.07, 6.45) is 0. The van der Waals surface area contributed by atoms with Crippen LogP contribution in [-0.2, 0) is 0 Å². The second-order valence-corrected chi connectivity index (χ2v) is 6.26. The molecule has 4 aromatic rings. The minimum atomic E-state index is -0.273. The first-order valence-electron chi connectivity index (χ1n) is 8.87. The Morgan fingerprint density at radius 1 is 0.786 bits per heavy atom. The minimum Gasteiger partial charge on any atom is -0.457 e. The Balaban J connectivity index is 1.51. The molecule has 5 heteroatoms. The van der Waals surface area contributed by atoms with Gasteiger partial charge in [0, 0.05) is 17.3 Å². The van der Waals surface area contributed by atoms with Gasteiger partial charge < -0.3 is 10.1 Å². The zero-order chi connectivity index (χ0) is 19.3. The number of benzene rings is 3. The highest BCUT2D eigenvalue weighted by Gasteiger charge is 2.06. The van der Waals surface area contributed by atoms with Crippen LogP contribution in [0, 0.1) is 12.7 Å². The topological polar surface area (TPSA) is 47.0 Å². The van der Waals surface area contributed by atoms with Gasteiger partial charge in [0.15, 0.2) is 0 Å². The van der Waals surface area contributed by atoms with Crippen LogP contribution in [0.25, 0.3) is 11.3 Å². The van der Waals surface area contributed by atoms with Crippen LogP contribution < -0.4 is 10.1 Å². The minimum absolute atomic E-state index is 0.273. The number of para-hydroxylation sites is 1. The molecule has 0 radical (unpaired) electrons. The number of aryl methyl sites for hydroxylation is 1. The van der Waals surface area contributed by atoms with Crippen LogP contribution in [0.5, 0.6) is 11.5 Å². The molecule has 0 spiro atoms. The first kappa shape index (κ1) is 17.7. The molecule has 0 saturated heterocycles. The van der Waals surface area contributed by atoms with Crippen molar-refractivity contribution in [1.29, 1.82) is 0 Å². The summed E-state index contributed by atoms with van der Waals surface area (Å²) in [7, 11) is 0. The van der Waals surface area contributed by atoms with Crippen molar-refractivity contribution in [3.8, 4) is 22.8 Å². The first-order valence-corrected chi connectivity index (χ1v) is 8.87. The zero-order valence-electron chi connectivity index (χ0n) is 15.3. The number of ether oxygens (including phenoxy) is 1. The molecule has 0 aliphatic carbocycles. The second kappa shape index (κ2) is 7.88. The van der Waals surface area contributed by atoms with E-state index in [1.807, 2.05) is 67.6 Å². The number of nitrogens with one attached hydrogen (secondary N) is 1. The molecule has 1 aromatic heterocycles. The lowest BCUT2D eigenvalue weighted by Crippen LogP contribution is -1.99. The lowest BCUT2D eigenvalue weighted by molar-refractivity contribution is 0.483. The third-order valence-electron chi connectivity index (χ3n) is 4.08. The molecule has 0 atom stereocenters. The van der Waals surface area contributed by atoms with Gasteiger partial charge in [0.25, 0.3) is 0 Å². The number of rotatable bonds is 5. The van der Waals surface area contributed by atoms with E-state index in [9.17, 15) is 4.39 Å². The molecule has 0 aliphatic rings. The second-order valence-electron chi connectivity index (χ2n) is 6.26. The highest BCUT2D eigenvalue weighted by molar-refractivity contribution is 5.66. The van der Waals surface area contributed by atoms with E-state index < -0.39 is 0 Å². The molecule has 3 aromatic carbocycles. The van der Waals surface area contributed by atoms with E-state index in [1.165, 1.54) is 12.1 Å². The summed E-state index contributed by atoms with van der Waals surface area (Å²) in [4.78, 5) is 8.88. The van der Waals surface area contributed by atoms with E-state index in [2.05, 4.69) is 15.3 Å². The maximum atomic E-state index is 13.2. The number of hydrogen-bond donors (Lipinski definition) is 1. The highest BCUT2D eigenvalue weighted by atomic mass is 19.1. The van der Waals surface area contributed by atoms with Crippen molar-refractivity contribution in [1.82, 2.24) is 9.97 Å². The summed E-state index contributed by atoms with van der Waals surface area (Å²) in [5, 5.41) is 3.28. The van der Waals surface area contributed by atoms with E-state index in [4.69, 9.17) is 4.74 Å². The smallest absolute Gasteiger partial charge is 0.134 e. The molecule has 0 saturated carbocycles. The molecule has 1 N–H and O–H groups in total. The summed E-state index contributed by atoms with van der Waals surface area (Å²) in [5.41, 5.74) is 2.45. The lowest BCUT2D eigenvalue weighted by atomic mass is 10.1. The Morgan fingerprint density at radius 2 is 1.46 bits per heavy atom. The fourth-order valence-electron chi connectivity index (χ4n) is 2.78. The Labute approximate surface area is 162 Å². The number of aromatic nitrogens is 2. The number of halogens is 1. The van der Waals surface area contributed by atoms with Crippen LogP contribution in [0.2, 0.25) is 0 Å². The fourth-order valence-corrected chi connectivity index (χ4v) is 2.78. The van der Waals surface area contributed by atoms with Gasteiger partial charge in [0.1, 0.15) is 29.0 Å². The molecular formula is C23H18FN3O. The average Bonchev–Trinajstić information content (AvgIpc) is 2.70. The predicted molar refractivity (Wildman–Crippen MR) is 108 cm³/mol. The molecule has 1 heterocycles. The van der Waals surface area contributed by atoms with Crippen LogP contribution in [0.3, 0.4) is 0 Å². The Bertz CT molecular complexity index is 1070. The summed E-state index contributed by atoms with van der Waals surface area (Å²) < 4.78 is 19.0. The van der Waals surface area contributed by atoms with Crippen molar-refractivity contribution in [3.05, 3.63) is 96.6 Å². The van der Waals surface area contributed by atoms with Crippen LogP contribution in [0.4, 0.5) is 15.9 Å². The van der Waals surface area contributed by atoms with E-state index in [-0.39, 0.29) is 5.82 Å². The SMILES string of the molecule is Cc1nc(Nc2ccc(Oc3ccccc3)cc2)cc(-c2ccc(F)cc2)n1. The van der Waals surface area contributed by atoms with Gasteiger partial charge >= 0.3 is 0 Å². The van der Waals surface area contributed by atoms with E-state index in [0.29, 0.717) is 11.6 Å². The molecule has 138 valence electrons. The third kappa shape index (κ3) is 4.32. The van der Waals surface area contributed by atoms with Crippen LogP contribution in [0.15, 0.2) is 84.9 Å². The zero-order valence-corrected chi connectivity index (χ0v) is 15.3. The highest BCUT2D eigenvalue weighted by Crippen LogP contribution is 2.25. The quantitative estimate of drug-likeness (QED) is 0.459. The van der Waals surface area contributed by atoms with Crippen molar-refractivity contribution < 1.29 is 9.13 Å². The van der Waals surface area contributed by atoms with Crippen molar-refractivity contribution >= 4 is 11.5 Å². The van der Waals surface area contributed by atoms with Gasteiger partial charge in [0.2, 0.25) is 0 Å². The molecule has 4 nitrogen and oxygen atoms in total. The van der Waals surface area contributed by atoms with E-state index >= 15 is 0 Å². The number of hydrogen-bond acceptors (Lipinski definition) is 4. The van der Waals surface area contributed by atoms with Crippen LogP contribution in [0.1, 0.15) is 5.82 Å². The van der Waals surface area contributed by atoms with Gasteiger partial charge in [-0.1, -0.05) is 18.2 Å². The molecule has 0 unspecified atom stereocenters. The fraction of sp³-hybridized carbons (Fsp3) is 0.0435. The standard InChI is InChI=1S/C23H18FN3O/c1-16-25-22(17-7-9-18(24)10-8-17)15-23(26-16)27-19-11-13-21(14-12-19)28-20-5-3-2-4-6-20/h2-15H,1H3,(H,25,26,27). The third-order valence-corrected chi connectivity index (χ3v) is 4.08. The van der Waals surface area contributed by atoms with Gasteiger partial charge in [-0.15, -0.1) is 0 Å². The Kier molecular flexibility index (Phi) is 4.97. The molecule has 0 bridgehead atoms.